The molecule has 0 amide bonds. The average molecular weight is 485 g/mol. The van der Waals surface area contributed by atoms with Crippen LogP contribution in [-0.2, 0) is 6.42 Å². The number of hydrogen-bond donors (Lipinski definition) is 1. The number of likely N-dealkylation sites (N-methyl/N-ethyl adjacent to an activating group) is 1. The van der Waals surface area contributed by atoms with Crippen molar-refractivity contribution in [2.24, 2.45) is 0 Å². The summed E-state index contributed by atoms with van der Waals surface area (Å²) in [6, 6.07) is 15.7. The standard InChI is InChI=1S/C28H32N6S/c1-33-12-14-34(15-13-33)24-8-4-5-20(18-24)17-23-19-21(9-11-29-23)27-31-25-10-16-35-26(25)28(32-27)30-22-6-2-3-7-22/h4-5,8-11,16,18-19,22H,2-3,6-7,12-15,17H2,1H3,(H,30,31,32). The molecule has 2 aliphatic rings. The second-order valence-electron chi connectivity index (χ2n) is 9.83. The fraction of sp³-hybridized carbons (Fsp3) is 0.393. The Morgan fingerprint density at radius 1 is 1.00 bits per heavy atom. The van der Waals surface area contributed by atoms with E-state index < -0.39 is 0 Å². The van der Waals surface area contributed by atoms with E-state index in [1.165, 1.54) is 36.9 Å². The lowest BCUT2D eigenvalue weighted by atomic mass is 10.1. The fourth-order valence-corrected chi connectivity index (χ4v) is 5.99. The van der Waals surface area contributed by atoms with Gasteiger partial charge in [-0.15, -0.1) is 11.3 Å². The summed E-state index contributed by atoms with van der Waals surface area (Å²) in [5, 5.41) is 5.82. The molecule has 4 heterocycles. The molecule has 2 fully saturated rings. The molecule has 4 aromatic rings. The highest BCUT2D eigenvalue weighted by Crippen LogP contribution is 2.32. The van der Waals surface area contributed by atoms with Gasteiger partial charge in [-0.1, -0.05) is 25.0 Å². The molecule has 0 unspecified atom stereocenters. The van der Waals surface area contributed by atoms with Gasteiger partial charge in [0.25, 0.3) is 0 Å². The molecule has 1 N–H and O–H groups in total. The number of piperazine rings is 1. The third-order valence-electron chi connectivity index (χ3n) is 7.24. The van der Waals surface area contributed by atoms with E-state index in [1.54, 1.807) is 11.3 Å². The van der Waals surface area contributed by atoms with Gasteiger partial charge in [-0.05, 0) is 61.2 Å². The maximum atomic E-state index is 4.99. The van der Waals surface area contributed by atoms with Crippen molar-refractivity contribution >= 4 is 33.1 Å². The molecule has 1 saturated carbocycles. The van der Waals surface area contributed by atoms with Gasteiger partial charge in [0.1, 0.15) is 5.82 Å². The molecular weight excluding hydrogens is 452 g/mol. The SMILES string of the molecule is CN1CCN(c2cccc(Cc3cc(-c4nc(NC5CCCC5)c5sccc5n4)ccn3)c2)CC1. The van der Waals surface area contributed by atoms with E-state index in [0.29, 0.717) is 6.04 Å². The predicted molar refractivity (Wildman–Crippen MR) is 145 cm³/mol. The molecule has 1 aliphatic heterocycles. The van der Waals surface area contributed by atoms with Gasteiger partial charge in [-0.3, -0.25) is 4.98 Å². The highest BCUT2D eigenvalue weighted by molar-refractivity contribution is 7.17. The highest BCUT2D eigenvalue weighted by atomic mass is 32.1. The maximum Gasteiger partial charge on any atom is 0.162 e. The van der Waals surface area contributed by atoms with Crippen LogP contribution >= 0.6 is 11.3 Å². The van der Waals surface area contributed by atoms with Crippen LogP contribution in [-0.4, -0.2) is 59.1 Å². The number of anilines is 2. The zero-order valence-corrected chi connectivity index (χ0v) is 21.1. The maximum absolute atomic E-state index is 4.99. The second-order valence-corrected chi connectivity index (χ2v) is 10.7. The van der Waals surface area contributed by atoms with Crippen molar-refractivity contribution < 1.29 is 0 Å². The van der Waals surface area contributed by atoms with E-state index in [1.807, 2.05) is 12.3 Å². The van der Waals surface area contributed by atoms with Crippen LogP contribution in [0.5, 0.6) is 0 Å². The molecule has 6 nitrogen and oxygen atoms in total. The van der Waals surface area contributed by atoms with Crippen LogP contribution in [0.3, 0.4) is 0 Å². The number of thiophene rings is 1. The molecule has 6 rings (SSSR count). The fourth-order valence-electron chi connectivity index (χ4n) is 5.20. The summed E-state index contributed by atoms with van der Waals surface area (Å²) in [6.45, 7) is 4.38. The topological polar surface area (TPSA) is 57.2 Å². The Labute approximate surface area is 211 Å². The third-order valence-corrected chi connectivity index (χ3v) is 8.15. The van der Waals surface area contributed by atoms with Crippen molar-refractivity contribution in [3.05, 3.63) is 65.3 Å². The van der Waals surface area contributed by atoms with Gasteiger partial charge in [0.2, 0.25) is 0 Å². The number of rotatable bonds is 6. The number of fused-ring (bicyclic) bond motifs is 1. The molecule has 1 aliphatic carbocycles. The van der Waals surface area contributed by atoms with Crippen molar-refractivity contribution in [2.45, 2.75) is 38.1 Å². The summed E-state index contributed by atoms with van der Waals surface area (Å²) in [4.78, 5) is 19.4. The predicted octanol–water partition coefficient (Wildman–Crippen LogP) is 5.45. The van der Waals surface area contributed by atoms with Crippen LogP contribution in [0.15, 0.2) is 54.0 Å². The Balaban J connectivity index is 1.25. The normalized spacial score (nSPS) is 17.3. The minimum absolute atomic E-state index is 0.517. The minimum atomic E-state index is 0.517. The molecule has 35 heavy (non-hydrogen) atoms. The van der Waals surface area contributed by atoms with Crippen LogP contribution in [0.1, 0.15) is 36.9 Å². The number of nitrogens with zero attached hydrogens (tertiary/aromatic N) is 5. The Kier molecular flexibility index (Phi) is 6.35. The van der Waals surface area contributed by atoms with Crippen LogP contribution in [0.2, 0.25) is 0 Å². The molecule has 0 radical (unpaired) electrons. The van der Waals surface area contributed by atoms with Crippen LogP contribution < -0.4 is 10.2 Å². The minimum Gasteiger partial charge on any atom is -0.369 e. The first-order valence-corrected chi connectivity index (χ1v) is 13.6. The van der Waals surface area contributed by atoms with Crippen molar-refractivity contribution in [3.63, 3.8) is 0 Å². The summed E-state index contributed by atoms with van der Waals surface area (Å²) in [6.07, 6.45) is 7.72. The van der Waals surface area contributed by atoms with Crippen LogP contribution in [0.25, 0.3) is 21.6 Å². The number of pyridine rings is 1. The third kappa shape index (κ3) is 5.02. The van der Waals surface area contributed by atoms with Crippen molar-refractivity contribution in [3.8, 4) is 11.4 Å². The Bertz CT molecular complexity index is 1300. The van der Waals surface area contributed by atoms with Crippen molar-refractivity contribution in [1.29, 1.82) is 0 Å². The second kappa shape index (κ2) is 9.91. The molecule has 180 valence electrons. The van der Waals surface area contributed by atoms with Crippen molar-refractivity contribution in [2.75, 3.05) is 43.4 Å². The summed E-state index contributed by atoms with van der Waals surface area (Å²) in [5.41, 5.74) is 5.66. The lowest BCUT2D eigenvalue weighted by Crippen LogP contribution is -2.44. The molecular formula is C28H32N6S. The van der Waals surface area contributed by atoms with E-state index in [2.05, 4.69) is 68.9 Å². The first-order chi connectivity index (χ1) is 17.2. The first kappa shape index (κ1) is 22.4. The number of nitrogens with one attached hydrogen (secondary N) is 1. The van der Waals surface area contributed by atoms with Gasteiger partial charge in [0.05, 0.1) is 10.2 Å². The zero-order chi connectivity index (χ0) is 23.6. The largest absolute Gasteiger partial charge is 0.369 e. The van der Waals surface area contributed by atoms with Crippen LogP contribution in [0.4, 0.5) is 11.5 Å². The monoisotopic (exact) mass is 484 g/mol. The molecule has 1 saturated heterocycles. The van der Waals surface area contributed by atoms with Crippen LogP contribution in [0, 0.1) is 0 Å². The molecule has 0 spiro atoms. The van der Waals surface area contributed by atoms with E-state index >= 15 is 0 Å². The van der Waals surface area contributed by atoms with Gasteiger partial charge in [0.15, 0.2) is 5.82 Å². The van der Waals surface area contributed by atoms with E-state index in [9.17, 15) is 0 Å². The first-order valence-electron chi connectivity index (χ1n) is 12.7. The molecule has 3 aromatic heterocycles. The summed E-state index contributed by atoms with van der Waals surface area (Å²) >= 11 is 1.71. The number of hydrogen-bond acceptors (Lipinski definition) is 7. The van der Waals surface area contributed by atoms with Gasteiger partial charge in [0, 0.05) is 61.8 Å². The summed E-state index contributed by atoms with van der Waals surface area (Å²) in [5.74, 6) is 1.75. The lowest BCUT2D eigenvalue weighted by molar-refractivity contribution is 0.313. The number of aromatic nitrogens is 3. The van der Waals surface area contributed by atoms with Gasteiger partial charge >= 0.3 is 0 Å². The van der Waals surface area contributed by atoms with Gasteiger partial charge < -0.3 is 15.1 Å². The quantitative estimate of drug-likeness (QED) is 0.393. The lowest BCUT2D eigenvalue weighted by Gasteiger charge is -2.34. The Morgan fingerprint density at radius 3 is 2.71 bits per heavy atom. The van der Waals surface area contributed by atoms with E-state index in [0.717, 1.165) is 65.7 Å². The molecule has 0 bridgehead atoms. The van der Waals surface area contributed by atoms with Gasteiger partial charge in [-0.2, -0.15) is 0 Å². The average Bonchev–Trinajstić information content (AvgIpc) is 3.57. The number of benzene rings is 1. The highest BCUT2D eigenvalue weighted by Gasteiger charge is 2.19. The smallest absolute Gasteiger partial charge is 0.162 e. The Hall–Kier alpha value is -3.03. The van der Waals surface area contributed by atoms with Crippen molar-refractivity contribution in [1.82, 2.24) is 19.9 Å². The van der Waals surface area contributed by atoms with E-state index in [4.69, 9.17) is 9.97 Å². The molecule has 0 atom stereocenters. The summed E-state index contributed by atoms with van der Waals surface area (Å²) < 4.78 is 1.15. The molecule has 1 aromatic carbocycles. The summed E-state index contributed by atoms with van der Waals surface area (Å²) in [7, 11) is 2.19. The Morgan fingerprint density at radius 2 is 1.86 bits per heavy atom. The van der Waals surface area contributed by atoms with Gasteiger partial charge in [-0.25, -0.2) is 9.97 Å². The van der Waals surface area contributed by atoms with E-state index in [-0.39, 0.29) is 0 Å². The zero-order valence-electron chi connectivity index (χ0n) is 20.3. The molecule has 7 heteroatoms.